The van der Waals surface area contributed by atoms with Gasteiger partial charge in [-0.15, -0.1) is 0 Å². The van der Waals surface area contributed by atoms with Crippen LogP contribution >= 0.6 is 0 Å². The summed E-state index contributed by atoms with van der Waals surface area (Å²) < 4.78 is 39.0. The van der Waals surface area contributed by atoms with E-state index in [1.54, 1.807) is 24.5 Å². The van der Waals surface area contributed by atoms with Crippen molar-refractivity contribution in [1.82, 2.24) is 15.0 Å². The van der Waals surface area contributed by atoms with Crippen LogP contribution in [0, 0.1) is 0 Å². The van der Waals surface area contributed by atoms with E-state index in [0.29, 0.717) is 25.5 Å². The lowest BCUT2D eigenvalue weighted by molar-refractivity contribution is 0.0950. The molecular weight excluding hydrogens is 454 g/mol. The fraction of sp³-hybridized carbons (Fsp3) is 0.280. The van der Waals surface area contributed by atoms with Crippen molar-refractivity contribution in [2.75, 3.05) is 13.2 Å². The number of ether oxygens (including phenoxy) is 2. The van der Waals surface area contributed by atoms with E-state index in [4.69, 9.17) is 9.47 Å². The number of carbonyl (C=O) groups excluding carboxylic acids is 1. The lowest BCUT2D eigenvalue weighted by Gasteiger charge is -2.12. The molecule has 0 saturated carbocycles. The van der Waals surface area contributed by atoms with Gasteiger partial charge in [-0.25, -0.2) is 13.1 Å². The first kappa shape index (κ1) is 23.9. The molecule has 4 rings (SSSR count). The third-order valence-corrected chi connectivity index (χ3v) is 6.86. The van der Waals surface area contributed by atoms with Gasteiger partial charge in [0, 0.05) is 43.2 Å². The van der Waals surface area contributed by atoms with E-state index >= 15 is 0 Å². The van der Waals surface area contributed by atoms with Crippen LogP contribution in [0.1, 0.15) is 34.3 Å². The molecule has 2 N–H and O–H groups in total. The normalized spacial score (nSPS) is 15.7. The summed E-state index contributed by atoms with van der Waals surface area (Å²) in [5.41, 5.74) is 2.14. The third kappa shape index (κ3) is 6.63. The summed E-state index contributed by atoms with van der Waals surface area (Å²) in [5.74, 6) is 0.362. The molecule has 178 valence electrons. The maximum Gasteiger partial charge on any atom is 0.251 e. The summed E-state index contributed by atoms with van der Waals surface area (Å²) in [6.45, 7) is 1.60. The van der Waals surface area contributed by atoms with Crippen molar-refractivity contribution in [2.45, 2.75) is 37.0 Å². The molecule has 1 aromatic heterocycles. The summed E-state index contributed by atoms with van der Waals surface area (Å²) in [4.78, 5) is 16.7. The third-order valence-electron chi connectivity index (χ3n) is 5.44. The first-order valence-corrected chi connectivity index (χ1v) is 12.6. The standard InChI is InChI=1S/C25H27N3O5S/c29-25(21-5-1-7-24(14-21)34(30,31)28-17-23-6-3-13-32-23)27-16-19-8-10-22(11-9-19)33-18-20-4-2-12-26-15-20/h1-2,4-5,7-12,14-15,23,28H,3,6,13,16-18H2,(H,27,29). The Bertz CT molecular complexity index is 1190. The highest BCUT2D eigenvalue weighted by molar-refractivity contribution is 7.89. The number of nitrogens with one attached hydrogen (secondary N) is 2. The van der Waals surface area contributed by atoms with Crippen molar-refractivity contribution >= 4 is 15.9 Å². The van der Waals surface area contributed by atoms with Crippen LogP contribution in [-0.2, 0) is 27.9 Å². The van der Waals surface area contributed by atoms with E-state index in [1.165, 1.54) is 12.1 Å². The zero-order valence-corrected chi connectivity index (χ0v) is 19.5. The number of hydrogen-bond acceptors (Lipinski definition) is 6. The van der Waals surface area contributed by atoms with Crippen molar-refractivity contribution in [3.8, 4) is 5.75 Å². The maximum atomic E-state index is 12.6. The van der Waals surface area contributed by atoms with Gasteiger partial charge in [0.1, 0.15) is 12.4 Å². The molecule has 34 heavy (non-hydrogen) atoms. The largest absolute Gasteiger partial charge is 0.489 e. The van der Waals surface area contributed by atoms with Crippen molar-refractivity contribution in [3.63, 3.8) is 0 Å². The molecule has 3 aromatic rings. The highest BCUT2D eigenvalue weighted by Gasteiger charge is 2.21. The minimum absolute atomic E-state index is 0.0493. The fourth-order valence-corrected chi connectivity index (χ4v) is 4.65. The molecular formula is C25H27N3O5S. The highest BCUT2D eigenvalue weighted by Crippen LogP contribution is 2.16. The summed E-state index contributed by atoms with van der Waals surface area (Å²) in [7, 11) is -3.73. The van der Waals surface area contributed by atoms with Gasteiger partial charge in [-0.05, 0) is 54.8 Å². The van der Waals surface area contributed by atoms with Crippen LogP contribution < -0.4 is 14.8 Å². The molecule has 2 aromatic carbocycles. The van der Waals surface area contributed by atoms with Gasteiger partial charge in [0.15, 0.2) is 0 Å². The SMILES string of the molecule is O=C(NCc1ccc(OCc2cccnc2)cc1)c1cccc(S(=O)(=O)NCC2CCCO2)c1. The predicted octanol–water partition coefficient (Wildman–Crippen LogP) is 3.05. The number of benzene rings is 2. The number of aromatic nitrogens is 1. The topological polar surface area (TPSA) is 107 Å². The van der Waals surface area contributed by atoms with Gasteiger partial charge in [-0.2, -0.15) is 0 Å². The molecule has 0 radical (unpaired) electrons. The molecule has 1 unspecified atom stereocenters. The van der Waals surface area contributed by atoms with E-state index in [9.17, 15) is 13.2 Å². The Morgan fingerprint density at radius 2 is 1.94 bits per heavy atom. The average Bonchev–Trinajstić information content (AvgIpc) is 3.40. The minimum atomic E-state index is -3.73. The van der Waals surface area contributed by atoms with Crippen molar-refractivity contribution in [2.24, 2.45) is 0 Å². The first-order valence-electron chi connectivity index (χ1n) is 11.1. The van der Waals surface area contributed by atoms with Gasteiger partial charge in [0.25, 0.3) is 5.91 Å². The zero-order valence-electron chi connectivity index (χ0n) is 18.6. The minimum Gasteiger partial charge on any atom is -0.489 e. The van der Waals surface area contributed by atoms with Crippen LogP contribution in [-0.4, -0.2) is 38.6 Å². The zero-order chi connectivity index (χ0) is 23.8. The number of hydrogen-bond donors (Lipinski definition) is 2. The first-order chi connectivity index (χ1) is 16.5. The molecule has 1 aliphatic heterocycles. The van der Waals surface area contributed by atoms with Crippen molar-refractivity contribution in [1.29, 1.82) is 0 Å². The molecule has 1 fully saturated rings. The number of pyridine rings is 1. The number of sulfonamides is 1. The summed E-state index contributed by atoms with van der Waals surface area (Å²) in [6.07, 6.45) is 5.13. The molecule has 1 amide bonds. The van der Waals surface area contributed by atoms with Crippen LogP contribution in [0.3, 0.4) is 0 Å². The Morgan fingerprint density at radius 3 is 2.68 bits per heavy atom. The van der Waals surface area contributed by atoms with Crippen LogP contribution in [0.2, 0.25) is 0 Å². The summed E-state index contributed by atoms with van der Waals surface area (Å²) in [5, 5.41) is 2.82. The van der Waals surface area contributed by atoms with Crippen molar-refractivity contribution < 1.29 is 22.7 Å². The molecule has 1 saturated heterocycles. The molecule has 9 heteroatoms. The number of nitrogens with zero attached hydrogens (tertiary/aromatic N) is 1. The van der Waals surface area contributed by atoms with E-state index in [-0.39, 0.29) is 29.0 Å². The van der Waals surface area contributed by atoms with E-state index in [1.807, 2.05) is 36.4 Å². The molecule has 0 bridgehead atoms. The maximum absolute atomic E-state index is 12.6. The molecule has 8 nitrogen and oxygen atoms in total. The van der Waals surface area contributed by atoms with Crippen molar-refractivity contribution in [3.05, 3.63) is 89.7 Å². The Morgan fingerprint density at radius 1 is 1.09 bits per heavy atom. The summed E-state index contributed by atoms with van der Waals surface area (Å²) in [6, 6.07) is 17.2. The Hall–Kier alpha value is -3.27. The number of amides is 1. The van der Waals surface area contributed by atoms with Gasteiger partial charge in [0.05, 0.1) is 11.0 Å². The molecule has 0 spiro atoms. The van der Waals surface area contributed by atoms with Gasteiger partial charge in [-0.1, -0.05) is 24.3 Å². The quantitative estimate of drug-likeness (QED) is 0.461. The van der Waals surface area contributed by atoms with E-state index < -0.39 is 10.0 Å². The van der Waals surface area contributed by atoms with Gasteiger partial charge in [0.2, 0.25) is 10.0 Å². The molecule has 1 atom stereocenters. The second-order valence-corrected chi connectivity index (χ2v) is 9.76. The number of carbonyl (C=O) groups is 1. The Kier molecular flexibility index (Phi) is 7.89. The highest BCUT2D eigenvalue weighted by atomic mass is 32.2. The fourth-order valence-electron chi connectivity index (χ4n) is 3.53. The van der Waals surface area contributed by atoms with E-state index in [0.717, 1.165) is 24.0 Å². The second kappa shape index (κ2) is 11.2. The predicted molar refractivity (Wildman–Crippen MR) is 127 cm³/mol. The smallest absolute Gasteiger partial charge is 0.251 e. The average molecular weight is 482 g/mol. The number of rotatable bonds is 10. The van der Waals surface area contributed by atoms with Crippen LogP contribution in [0.15, 0.2) is 78.0 Å². The second-order valence-electron chi connectivity index (χ2n) is 7.99. The van der Waals surface area contributed by atoms with Crippen LogP contribution in [0.25, 0.3) is 0 Å². The molecule has 2 heterocycles. The summed E-state index contributed by atoms with van der Waals surface area (Å²) >= 11 is 0. The lowest BCUT2D eigenvalue weighted by atomic mass is 10.2. The van der Waals surface area contributed by atoms with Gasteiger partial charge in [-0.3, -0.25) is 9.78 Å². The van der Waals surface area contributed by atoms with Crippen LogP contribution in [0.5, 0.6) is 5.75 Å². The monoisotopic (exact) mass is 481 g/mol. The van der Waals surface area contributed by atoms with Gasteiger partial charge >= 0.3 is 0 Å². The van der Waals surface area contributed by atoms with E-state index in [2.05, 4.69) is 15.0 Å². The lowest BCUT2D eigenvalue weighted by Crippen LogP contribution is -2.32. The Balaban J connectivity index is 1.29. The molecule has 0 aliphatic carbocycles. The van der Waals surface area contributed by atoms with Crippen LogP contribution in [0.4, 0.5) is 0 Å². The molecule has 1 aliphatic rings. The Labute approximate surface area is 199 Å². The van der Waals surface area contributed by atoms with Gasteiger partial charge < -0.3 is 14.8 Å².